The Morgan fingerprint density at radius 3 is 2.65 bits per heavy atom. The number of halogens is 3. The Morgan fingerprint density at radius 1 is 1.30 bits per heavy atom. The zero-order valence-electron chi connectivity index (χ0n) is 12.4. The molecule has 2 fully saturated rings. The minimum atomic E-state index is -2.94. The lowest BCUT2D eigenvalue weighted by atomic mass is 9.70. The molecule has 3 rings (SSSR count). The Bertz CT molecular complexity index is 664. The summed E-state index contributed by atoms with van der Waals surface area (Å²) in [4.78, 5) is 25.7. The molecule has 0 bridgehead atoms. The lowest BCUT2D eigenvalue weighted by molar-refractivity contribution is -0.138. The first kappa shape index (κ1) is 15.8. The first-order chi connectivity index (χ1) is 10.7. The number of nitrogens with zero attached hydrogens (tertiary/aromatic N) is 1. The van der Waals surface area contributed by atoms with Gasteiger partial charge in [-0.25, -0.2) is 13.2 Å². The van der Waals surface area contributed by atoms with Gasteiger partial charge in [0.05, 0.1) is 5.41 Å². The van der Waals surface area contributed by atoms with E-state index in [1.54, 1.807) is 0 Å². The van der Waals surface area contributed by atoms with Gasteiger partial charge in [0.2, 0.25) is 17.7 Å². The van der Waals surface area contributed by atoms with Gasteiger partial charge in [0.25, 0.3) is 0 Å². The third-order valence-electron chi connectivity index (χ3n) is 4.78. The van der Waals surface area contributed by atoms with Crippen molar-refractivity contribution < 1.29 is 22.8 Å². The van der Waals surface area contributed by atoms with Crippen LogP contribution >= 0.6 is 0 Å². The fourth-order valence-corrected chi connectivity index (χ4v) is 3.81. The summed E-state index contributed by atoms with van der Waals surface area (Å²) in [6.45, 7) is 0. The lowest BCUT2D eigenvalue weighted by Crippen LogP contribution is -2.44. The molecule has 7 heteroatoms. The van der Waals surface area contributed by atoms with Crippen LogP contribution in [0.3, 0.4) is 0 Å². The van der Waals surface area contributed by atoms with Crippen LogP contribution in [0.1, 0.15) is 32.1 Å². The van der Waals surface area contributed by atoms with E-state index in [1.807, 2.05) is 0 Å². The summed E-state index contributed by atoms with van der Waals surface area (Å²) < 4.78 is 41.2. The van der Waals surface area contributed by atoms with Gasteiger partial charge in [-0.2, -0.15) is 0 Å². The maximum absolute atomic E-state index is 13.8. The molecule has 23 heavy (non-hydrogen) atoms. The van der Waals surface area contributed by atoms with Crippen molar-refractivity contribution in [1.29, 1.82) is 0 Å². The van der Waals surface area contributed by atoms with Gasteiger partial charge in [-0.15, -0.1) is 0 Å². The lowest BCUT2D eigenvalue weighted by Gasteiger charge is -2.36. The maximum Gasteiger partial charge on any atom is 0.249 e. The average Bonchev–Trinajstić information content (AvgIpc) is 2.71. The van der Waals surface area contributed by atoms with Crippen molar-refractivity contribution >= 4 is 17.5 Å². The second-order valence-corrected chi connectivity index (χ2v) is 6.44. The Kier molecular flexibility index (Phi) is 3.61. The highest BCUT2D eigenvalue weighted by Crippen LogP contribution is 2.52. The van der Waals surface area contributed by atoms with Crippen molar-refractivity contribution in [3.63, 3.8) is 0 Å². The zero-order valence-corrected chi connectivity index (χ0v) is 12.4. The number of carbonyl (C=O) groups is 2. The van der Waals surface area contributed by atoms with Crippen LogP contribution in [-0.2, 0) is 9.59 Å². The molecule has 2 aliphatic rings. The molecule has 0 radical (unpaired) electrons. The zero-order chi connectivity index (χ0) is 16.8. The molecule has 1 saturated heterocycles. The van der Waals surface area contributed by atoms with E-state index in [0.29, 0.717) is 0 Å². The van der Waals surface area contributed by atoms with Crippen molar-refractivity contribution in [3.05, 3.63) is 30.1 Å². The van der Waals surface area contributed by atoms with Crippen LogP contribution in [0.25, 0.3) is 0 Å². The summed E-state index contributed by atoms with van der Waals surface area (Å²) in [6, 6.07) is 4.15. The molecule has 0 aromatic heterocycles. The number of alkyl halides is 2. The standard InChI is InChI=1S/C16H17F3N2O2/c17-10-3-1-4-11(7-10)21-12(13(20)22)8-15(14(21)23)5-2-6-16(18,19)9-15/h1,3-4,7,12H,2,5-6,8-9H2,(H2,20,22)/t12?,15-/m0/s1. The molecule has 2 N–H and O–H groups in total. The summed E-state index contributed by atoms with van der Waals surface area (Å²) in [5.41, 5.74) is 4.24. The largest absolute Gasteiger partial charge is 0.368 e. The topological polar surface area (TPSA) is 63.4 Å². The number of rotatable bonds is 2. The predicted molar refractivity (Wildman–Crippen MR) is 77.3 cm³/mol. The summed E-state index contributed by atoms with van der Waals surface area (Å²) in [6.07, 6.45) is -0.400. The van der Waals surface area contributed by atoms with E-state index >= 15 is 0 Å². The number of hydrogen-bond donors (Lipinski definition) is 1. The molecule has 1 unspecified atom stereocenters. The normalized spacial score (nSPS) is 30.0. The summed E-state index contributed by atoms with van der Waals surface area (Å²) in [5, 5.41) is 0. The molecule has 2 amide bonds. The SMILES string of the molecule is NC(=O)C1C[C@]2(CCCC(F)(F)C2)C(=O)N1c1cccc(F)c1. The fourth-order valence-electron chi connectivity index (χ4n) is 3.81. The van der Waals surface area contributed by atoms with E-state index in [4.69, 9.17) is 5.73 Å². The summed E-state index contributed by atoms with van der Waals surface area (Å²) in [7, 11) is 0. The molecular weight excluding hydrogens is 309 g/mol. The second kappa shape index (κ2) is 5.25. The van der Waals surface area contributed by atoms with Gasteiger partial charge < -0.3 is 5.73 Å². The molecule has 124 valence electrons. The molecule has 1 saturated carbocycles. The molecule has 1 aliphatic carbocycles. The third-order valence-corrected chi connectivity index (χ3v) is 4.78. The molecule has 1 aromatic carbocycles. The smallest absolute Gasteiger partial charge is 0.249 e. The minimum absolute atomic E-state index is 0.0483. The Labute approximate surface area is 131 Å². The van der Waals surface area contributed by atoms with Crippen LogP contribution < -0.4 is 10.6 Å². The fraction of sp³-hybridized carbons (Fsp3) is 0.500. The predicted octanol–water partition coefficient (Wildman–Crippen LogP) is 2.61. The molecule has 1 aliphatic heterocycles. The van der Waals surface area contributed by atoms with E-state index in [1.165, 1.54) is 18.2 Å². The number of anilines is 1. The van der Waals surface area contributed by atoms with Gasteiger partial charge in [0.1, 0.15) is 11.9 Å². The van der Waals surface area contributed by atoms with Crippen molar-refractivity contribution in [2.45, 2.75) is 44.1 Å². The van der Waals surface area contributed by atoms with E-state index in [-0.39, 0.29) is 31.4 Å². The first-order valence-electron chi connectivity index (χ1n) is 7.51. The third kappa shape index (κ3) is 2.68. The minimum Gasteiger partial charge on any atom is -0.368 e. The van der Waals surface area contributed by atoms with Gasteiger partial charge in [0.15, 0.2) is 0 Å². The van der Waals surface area contributed by atoms with Crippen LogP contribution in [0.2, 0.25) is 0 Å². The van der Waals surface area contributed by atoms with E-state index in [2.05, 4.69) is 0 Å². The highest BCUT2D eigenvalue weighted by atomic mass is 19.3. The molecule has 1 spiro atoms. The van der Waals surface area contributed by atoms with Crippen LogP contribution in [-0.4, -0.2) is 23.8 Å². The molecule has 4 nitrogen and oxygen atoms in total. The number of amides is 2. The van der Waals surface area contributed by atoms with Crippen molar-refractivity contribution in [1.82, 2.24) is 0 Å². The number of hydrogen-bond acceptors (Lipinski definition) is 2. The van der Waals surface area contributed by atoms with Crippen LogP contribution in [0.4, 0.5) is 18.9 Å². The van der Waals surface area contributed by atoms with Crippen molar-refractivity contribution in [2.24, 2.45) is 11.1 Å². The number of benzene rings is 1. The number of primary amides is 1. The summed E-state index contributed by atoms with van der Waals surface area (Å²) in [5.74, 6) is -4.85. The quantitative estimate of drug-likeness (QED) is 0.908. The van der Waals surface area contributed by atoms with Gasteiger partial charge in [0, 0.05) is 18.5 Å². The van der Waals surface area contributed by atoms with Gasteiger partial charge in [-0.05, 0) is 37.5 Å². The highest BCUT2D eigenvalue weighted by Gasteiger charge is 2.59. The average molecular weight is 326 g/mol. The number of nitrogens with two attached hydrogens (primary N) is 1. The number of carbonyl (C=O) groups excluding carboxylic acids is 2. The van der Waals surface area contributed by atoms with E-state index in [9.17, 15) is 22.8 Å². The molecule has 2 atom stereocenters. The van der Waals surface area contributed by atoms with Crippen molar-refractivity contribution in [3.8, 4) is 0 Å². The first-order valence-corrected chi connectivity index (χ1v) is 7.51. The Hall–Kier alpha value is -2.05. The molecule has 1 aromatic rings. The monoisotopic (exact) mass is 326 g/mol. The highest BCUT2D eigenvalue weighted by molar-refractivity contribution is 6.06. The van der Waals surface area contributed by atoms with Crippen LogP contribution in [0.5, 0.6) is 0 Å². The van der Waals surface area contributed by atoms with E-state index < -0.39 is 41.4 Å². The summed E-state index contributed by atoms with van der Waals surface area (Å²) >= 11 is 0. The molecular formula is C16H17F3N2O2. The Balaban J connectivity index is 2.02. The van der Waals surface area contributed by atoms with Gasteiger partial charge in [-0.1, -0.05) is 6.07 Å². The van der Waals surface area contributed by atoms with Crippen LogP contribution in [0.15, 0.2) is 24.3 Å². The molecule has 1 heterocycles. The van der Waals surface area contributed by atoms with Crippen molar-refractivity contribution in [2.75, 3.05) is 4.90 Å². The van der Waals surface area contributed by atoms with Gasteiger partial charge in [-0.3, -0.25) is 14.5 Å². The van der Waals surface area contributed by atoms with E-state index in [0.717, 1.165) is 11.0 Å². The second-order valence-electron chi connectivity index (χ2n) is 6.44. The van der Waals surface area contributed by atoms with Crippen LogP contribution in [0, 0.1) is 11.2 Å². The van der Waals surface area contributed by atoms with Gasteiger partial charge >= 0.3 is 0 Å². The Morgan fingerprint density at radius 2 is 2.04 bits per heavy atom. The maximum atomic E-state index is 13.8.